The number of benzene rings is 1. The predicted molar refractivity (Wildman–Crippen MR) is 90.8 cm³/mol. The van der Waals surface area contributed by atoms with Crippen LogP contribution in [-0.2, 0) is 11.2 Å². The Balaban J connectivity index is 1.29. The van der Waals surface area contributed by atoms with Crippen LogP contribution in [0, 0.1) is 0 Å². The molecule has 6 heteroatoms. The topological polar surface area (TPSA) is 58.6 Å². The van der Waals surface area contributed by atoms with Gasteiger partial charge in [0.2, 0.25) is 5.91 Å². The lowest BCUT2D eigenvalue weighted by atomic mass is 10.0. The third-order valence-corrected chi connectivity index (χ3v) is 5.06. The Morgan fingerprint density at radius 3 is 2.96 bits per heavy atom. The minimum atomic E-state index is -0.0998. The maximum Gasteiger partial charge on any atom is 0.288 e. The Morgan fingerprint density at radius 1 is 1.26 bits per heavy atom. The van der Waals surface area contributed by atoms with Crippen molar-refractivity contribution in [3.8, 4) is 5.75 Å². The quantitative estimate of drug-likeness (QED) is 0.776. The number of nitrogens with one attached hydrogen (secondary N) is 1. The summed E-state index contributed by atoms with van der Waals surface area (Å²) in [4.78, 5) is 24.3. The second kappa shape index (κ2) is 7.84. The Morgan fingerprint density at radius 2 is 2.13 bits per heavy atom. The van der Waals surface area contributed by atoms with Gasteiger partial charge in [0.05, 0.1) is 5.75 Å². The molecule has 0 aliphatic carbocycles. The first kappa shape index (κ1) is 16.3. The van der Waals surface area contributed by atoms with E-state index in [4.69, 9.17) is 4.74 Å². The monoisotopic (exact) mass is 334 g/mol. The van der Waals surface area contributed by atoms with Crippen molar-refractivity contribution in [3.05, 3.63) is 29.8 Å². The summed E-state index contributed by atoms with van der Waals surface area (Å²) in [6.45, 7) is 2.26. The Kier molecular flexibility index (Phi) is 5.56. The van der Waals surface area contributed by atoms with Gasteiger partial charge in [0.15, 0.2) is 0 Å². The highest BCUT2D eigenvalue weighted by atomic mass is 32.2. The van der Waals surface area contributed by atoms with Gasteiger partial charge in [-0.2, -0.15) is 0 Å². The second-order valence-corrected chi connectivity index (χ2v) is 6.82. The molecule has 0 spiro atoms. The predicted octanol–water partition coefficient (Wildman–Crippen LogP) is 2.45. The first-order chi connectivity index (χ1) is 11.2. The van der Waals surface area contributed by atoms with E-state index in [1.807, 2.05) is 12.1 Å². The van der Waals surface area contributed by atoms with Gasteiger partial charge in [-0.1, -0.05) is 30.0 Å². The highest BCUT2D eigenvalue weighted by Gasteiger charge is 2.28. The summed E-state index contributed by atoms with van der Waals surface area (Å²) in [6, 6.07) is 8.21. The fraction of sp³-hybridized carbons (Fsp3) is 0.529. The van der Waals surface area contributed by atoms with Crippen LogP contribution in [0.3, 0.4) is 0 Å². The molecule has 5 nitrogen and oxygen atoms in total. The molecular formula is C17H22N2O3S. The van der Waals surface area contributed by atoms with Crippen LogP contribution >= 0.6 is 11.8 Å². The van der Waals surface area contributed by atoms with E-state index >= 15 is 0 Å². The molecule has 23 heavy (non-hydrogen) atoms. The SMILES string of the molecule is O=C1CSC(=O)N1CCCCNCC1CCc2ccccc2O1. The van der Waals surface area contributed by atoms with Gasteiger partial charge in [-0.05, 0) is 43.9 Å². The van der Waals surface area contributed by atoms with Crippen molar-refractivity contribution in [3.63, 3.8) is 0 Å². The number of carbonyl (C=O) groups is 2. The van der Waals surface area contributed by atoms with Gasteiger partial charge in [-0.25, -0.2) is 0 Å². The van der Waals surface area contributed by atoms with Crippen LogP contribution in [0.1, 0.15) is 24.8 Å². The highest BCUT2D eigenvalue weighted by molar-refractivity contribution is 8.14. The minimum absolute atomic E-state index is 0.0535. The molecule has 0 bridgehead atoms. The molecule has 1 aromatic rings. The van der Waals surface area contributed by atoms with Crippen LogP contribution in [-0.4, -0.2) is 47.5 Å². The van der Waals surface area contributed by atoms with E-state index in [0.29, 0.717) is 12.3 Å². The maximum atomic E-state index is 11.5. The molecule has 124 valence electrons. The van der Waals surface area contributed by atoms with Crippen molar-refractivity contribution in [1.29, 1.82) is 0 Å². The molecule has 3 rings (SSSR count). The fourth-order valence-electron chi connectivity index (χ4n) is 2.90. The summed E-state index contributed by atoms with van der Waals surface area (Å²) >= 11 is 1.10. The molecule has 0 radical (unpaired) electrons. The average Bonchev–Trinajstić information content (AvgIpc) is 2.89. The van der Waals surface area contributed by atoms with Crippen molar-refractivity contribution in [2.75, 3.05) is 25.4 Å². The smallest absolute Gasteiger partial charge is 0.288 e. The molecular weight excluding hydrogens is 312 g/mol. The molecule has 1 fully saturated rings. The molecule has 1 unspecified atom stereocenters. The number of para-hydroxylation sites is 1. The molecule has 0 saturated carbocycles. The van der Waals surface area contributed by atoms with E-state index in [0.717, 1.165) is 56.3 Å². The van der Waals surface area contributed by atoms with Crippen LogP contribution in [0.2, 0.25) is 0 Å². The third-order valence-electron chi connectivity index (χ3n) is 4.20. The van der Waals surface area contributed by atoms with E-state index in [-0.39, 0.29) is 17.3 Å². The Bertz CT molecular complexity index is 563. The number of fused-ring (bicyclic) bond motifs is 1. The van der Waals surface area contributed by atoms with Gasteiger partial charge in [0.25, 0.3) is 5.24 Å². The molecule has 1 N–H and O–H groups in total. The number of hydrogen-bond donors (Lipinski definition) is 1. The number of ether oxygens (including phenoxy) is 1. The highest BCUT2D eigenvalue weighted by Crippen LogP contribution is 2.26. The van der Waals surface area contributed by atoms with Crippen molar-refractivity contribution >= 4 is 22.9 Å². The maximum absolute atomic E-state index is 11.5. The summed E-state index contributed by atoms with van der Waals surface area (Å²) in [5.41, 5.74) is 1.29. The van der Waals surface area contributed by atoms with Crippen LogP contribution in [0.5, 0.6) is 5.75 Å². The number of carbonyl (C=O) groups excluding carboxylic acids is 2. The number of hydrogen-bond acceptors (Lipinski definition) is 5. The molecule has 0 aromatic heterocycles. The standard InChI is InChI=1S/C17H22N2O3S/c20-16-12-23-17(21)19(16)10-4-3-9-18-11-14-8-7-13-5-1-2-6-15(13)22-14/h1-2,5-6,14,18H,3-4,7-12H2. The second-order valence-electron chi connectivity index (χ2n) is 5.90. The number of nitrogens with zero attached hydrogens (tertiary/aromatic N) is 1. The lowest BCUT2D eigenvalue weighted by molar-refractivity contribution is -0.124. The molecule has 2 aliphatic heterocycles. The summed E-state index contributed by atoms with van der Waals surface area (Å²) in [7, 11) is 0. The van der Waals surface area contributed by atoms with Gasteiger partial charge < -0.3 is 10.1 Å². The number of aryl methyl sites for hydroxylation is 1. The average molecular weight is 334 g/mol. The van der Waals surface area contributed by atoms with E-state index in [1.165, 1.54) is 10.5 Å². The number of imide groups is 1. The molecule has 2 aliphatic rings. The van der Waals surface area contributed by atoms with Gasteiger partial charge in [0, 0.05) is 13.1 Å². The third kappa shape index (κ3) is 4.26. The first-order valence-corrected chi connectivity index (χ1v) is 9.15. The number of thioether (sulfide) groups is 1. The van der Waals surface area contributed by atoms with Crippen molar-refractivity contribution in [2.24, 2.45) is 0 Å². The molecule has 2 heterocycles. The van der Waals surface area contributed by atoms with Crippen LogP contribution in [0.4, 0.5) is 4.79 Å². The van der Waals surface area contributed by atoms with Crippen molar-refractivity contribution in [1.82, 2.24) is 10.2 Å². The summed E-state index contributed by atoms with van der Waals surface area (Å²) < 4.78 is 5.99. The number of rotatable bonds is 7. The lowest BCUT2D eigenvalue weighted by Crippen LogP contribution is -2.35. The summed E-state index contributed by atoms with van der Waals surface area (Å²) in [5.74, 6) is 1.26. The molecule has 1 aromatic carbocycles. The van der Waals surface area contributed by atoms with E-state index in [2.05, 4.69) is 17.4 Å². The van der Waals surface area contributed by atoms with Crippen LogP contribution in [0.25, 0.3) is 0 Å². The number of amides is 2. The lowest BCUT2D eigenvalue weighted by Gasteiger charge is -2.26. The zero-order chi connectivity index (χ0) is 16.1. The van der Waals surface area contributed by atoms with Crippen molar-refractivity contribution < 1.29 is 14.3 Å². The van der Waals surface area contributed by atoms with E-state index in [1.54, 1.807) is 0 Å². The Labute approximate surface area is 140 Å². The van der Waals surface area contributed by atoms with Gasteiger partial charge in [0.1, 0.15) is 11.9 Å². The first-order valence-electron chi connectivity index (χ1n) is 8.16. The molecule has 1 saturated heterocycles. The van der Waals surface area contributed by atoms with Crippen molar-refractivity contribution in [2.45, 2.75) is 31.8 Å². The van der Waals surface area contributed by atoms with Crippen LogP contribution < -0.4 is 10.1 Å². The normalized spacial score (nSPS) is 20.5. The zero-order valence-corrected chi connectivity index (χ0v) is 13.9. The van der Waals surface area contributed by atoms with Crippen LogP contribution in [0.15, 0.2) is 24.3 Å². The van der Waals surface area contributed by atoms with Gasteiger partial charge in [-0.3, -0.25) is 14.5 Å². The van der Waals surface area contributed by atoms with Gasteiger partial charge >= 0.3 is 0 Å². The minimum Gasteiger partial charge on any atom is -0.489 e. The Hall–Kier alpha value is -1.53. The fourth-order valence-corrected chi connectivity index (χ4v) is 3.66. The van der Waals surface area contributed by atoms with E-state index in [9.17, 15) is 9.59 Å². The molecule has 2 amide bonds. The molecule has 1 atom stereocenters. The summed E-state index contributed by atoms with van der Waals surface area (Å²) in [5, 5.41) is 3.32. The zero-order valence-electron chi connectivity index (χ0n) is 13.1. The number of unbranched alkanes of at least 4 members (excludes halogenated alkanes) is 1. The van der Waals surface area contributed by atoms with Gasteiger partial charge in [-0.15, -0.1) is 0 Å². The summed E-state index contributed by atoms with van der Waals surface area (Å²) in [6.07, 6.45) is 4.13. The van der Waals surface area contributed by atoms with E-state index < -0.39 is 0 Å². The largest absolute Gasteiger partial charge is 0.489 e.